The van der Waals surface area contributed by atoms with Crippen molar-refractivity contribution in [2.75, 3.05) is 11.8 Å². The average Bonchev–Trinajstić information content (AvgIpc) is 2.82. The van der Waals surface area contributed by atoms with Crippen LogP contribution in [-0.4, -0.2) is 25.7 Å². The van der Waals surface area contributed by atoms with Crippen molar-refractivity contribution in [2.24, 2.45) is 5.73 Å². The predicted molar refractivity (Wildman–Crippen MR) is 76.3 cm³/mol. The Morgan fingerprint density at radius 3 is 2.70 bits per heavy atom. The number of aryl methyl sites for hydroxylation is 1. The zero-order valence-electron chi connectivity index (χ0n) is 11.0. The third-order valence-corrected chi connectivity index (χ3v) is 4.74. The highest BCUT2D eigenvalue weighted by molar-refractivity contribution is 7.93. The van der Waals surface area contributed by atoms with Crippen LogP contribution in [-0.2, 0) is 16.6 Å². The summed E-state index contributed by atoms with van der Waals surface area (Å²) in [5, 5.41) is 8.38. The molecule has 0 saturated heterocycles. The standard InChI is InChI=1S/C11H14N4O3S2/c1-7-13-14-11(19-7)15-20(16,17)10-5-8(6-12)3-4-9(10)18-2/h3-5H,6,12H2,1-2H3,(H,14,15). The molecule has 1 aromatic heterocycles. The molecular formula is C11H14N4O3S2. The van der Waals surface area contributed by atoms with E-state index < -0.39 is 10.0 Å². The zero-order chi connectivity index (χ0) is 14.8. The molecule has 0 fully saturated rings. The fraction of sp³-hybridized carbons (Fsp3) is 0.273. The molecule has 7 nitrogen and oxygen atoms in total. The highest BCUT2D eigenvalue weighted by atomic mass is 32.2. The van der Waals surface area contributed by atoms with Gasteiger partial charge in [0.1, 0.15) is 15.7 Å². The maximum absolute atomic E-state index is 12.4. The van der Waals surface area contributed by atoms with E-state index in [9.17, 15) is 8.42 Å². The Morgan fingerprint density at radius 1 is 1.40 bits per heavy atom. The minimum absolute atomic E-state index is 0.0239. The first-order valence-corrected chi connectivity index (χ1v) is 7.96. The summed E-state index contributed by atoms with van der Waals surface area (Å²) >= 11 is 1.15. The number of nitrogens with two attached hydrogens (primary N) is 1. The molecular weight excluding hydrogens is 300 g/mol. The lowest BCUT2D eigenvalue weighted by Gasteiger charge is -2.11. The zero-order valence-corrected chi connectivity index (χ0v) is 12.6. The van der Waals surface area contributed by atoms with Gasteiger partial charge in [0.25, 0.3) is 10.0 Å². The number of anilines is 1. The van der Waals surface area contributed by atoms with Gasteiger partial charge < -0.3 is 10.5 Å². The van der Waals surface area contributed by atoms with Gasteiger partial charge in [0.15, 0.2) is 0 Å². The molecule has 0 spiro atoms. The Labute approximate surface area is 120 Å². The molecule has 3 N–H and O–H groups in total. The fourth-order valence-electron chi connectivity index (χ4n) is 1.57. The Balaban J connectivity index is 2.42. The first-order chi connectivity index (χ1) is 9.46. The van der Waals surface area contributed by atoms with Crippen molar-refractivity contribution in [1.82, 2.24) is 10.2 Å². The second-order valence-electron chi connectivity index (χ2n) is 3.92. The topological polar surface area (TPSA) is 107 Å². The minimum atomic E-state index is -3.80. The lowest BCUT2D eigenvalue weighted by Crippen LogP contribution is -2.14. The molecule has 9 heteroatoms. The first kappa shape index (κ1) is 14.7. The van der Waals surface area contributed by atoms with Crippen LogP contribution in [0.5, 0.6) is 5.75 Å². The molecule has 0 radical (unpaired) electrons. The molecule has 2 aromatic rings. The average molecular weight is 314 g/mol. The van der Waals surface area contributed by atoms with Gasteiger partial charge in [-0.1, -0.05) is 17.4 Å². The SMILES string of the molecule is COc1ccc(CN)cc1S(=O)(=O)Nc1nnc(C)s1. The Bertz CT molecular complexity index is 712. The number of methoxy groups -OCH3 is 1. The van der Waals surface area contributed by atoms with Crippen LogP contribution in [0.1, 0.15) is 10.6 Å². The van der Waals surface area contributed by atoms with Gasteiger partial charge in [0.05, 0.1) is 7.11 Å². The highest BCUT2D eigenvalue weighted by Gasteiger charge is 2.21. The van der Waals surface area contributed by atoms with E-state index in [0.717, 1.165) is 11.3 Å². The first-order valence-electron chi connectivity index (χ1n) is 5.66. The van der Waals surface area contributed by atoms with E-state index in [0.29, 0.717) is 10.6 Å². The van der Waals surface area contributed by atoms with Crippen LogP contribution in [0.2, 0.25) is 0 Å². The largest absolute Gasteiger partial charge is 0.495 e. The number of hydrogen-bond donors (Lipinski definition) is 2. The van der Waals surface area contributed by atoms with Crippen LogP contribution < -0.4 is 15.2 Å². The van der Waals surface area contributed by atoms with Crippen molar-refractivity contribution in [3.63, 3.8) is 0 Å². The van der Waals surface area contributed by atoms with E-state index in [1.807, 2.05) is 0 Å². The number of nitrogens with zero attached hydrogens (tertiary/aromatic N) is 2. The van der Waals surface area contributed by atoms with Crippen LogP contribution in [0.3, 0.4) is 0 Å². The van der Waals surface area contributed by atoms with Gasteiger partial charge in [0, 0.05) is 6.54 Å². The van der Waals surface area contributed by atoms with Gasteiger partial charge >= 0.3 is 0 Å². The molecule has 0 saturated carbocycles. The number of rotatable bonds is 5. The number of benzene rings is 1. The van der Waals surface area contributed by atoms with Crippen molar-refractivity contribution < 1.29 is 13.2 Å². The summed E-state index contributed by atoms with van der Waals surface area (Å²) < 4.78 is 32.2. The van der Waals surface area contributed by atoms with Crippen LogP contribution in [0.15, 0.2) is 23.1 Å². The monoisotopic (exact) mass is 314 g/mol. The molecule has 0 unspecified atom stereocenters. The minimum Gasteiger partial charge on any atom is -0.495 e. The van der Waals surface area contributed by atoms with E-state index >= 15 is 0 Å². The smallest absolute Gasteiger partial charge is 0.267 e. The van der Waals surface area contributed by atoms with Gasteiger partial charge in [-0.3, -0.25) is 4.72 Å². The molecule has 0 aliphatic heterocycles. The highest BCUT2D eigenvalue weighted by Crippen LogP contribution is 2.27. The Hall–Kier alpha value is -1.71. The third-order valence-electron chi connectivity index (χ3n) is 2.50. The molecule has 0 aliphatic rings. The number of nitrogens with one attached hydrogen (secondary N) is 1. The number of hydrogen-bond acceptors (Lipinski definition) is 7. The van der Waals surface area contributed by atoms with Crippen LogP contribution in [0.25, 0.3) is 0 Å². The van der Waals surface area contributed by atoms with E-state index in [-0.39, 0.29) is 22.3 Å². The summed E-state index contributed by atoms with van der Waals surface area (Å²) in [4.78, 5) is 0.0239. The maximum atomic E-state index is 12.4. The lowest BCUT2D eigenvalue weighted by molar-refractivity contribution is 0.402. The molecule has 108 valence electrons. The van der Waals surface area contributed by atoms with Gasteiger partial charge in [-0.2, -0.15) is 0 Å². The molecule has 1 heterocycles. The van der Waals surface area contributed by atoms with E-state index in [2.05, 4.69) is 14.9 Å². The quantitative estimate of drug-likeness (QED) is 0.856. The van der Waals surface area contributed by atoms with E-state index in [1.54, 1.807) is 19.1 Å². The van der Waals surface area contributed by atoms with Gasteiger partial charge in [-0.15, -0.1) is 10.2 Å². The molecule has 1 aromatic carbocycles. The fourth-order valence-corrected chi connectivity index (χ4v) is 3.61. The third kappa shape index (κ3) is 3.06. The van der Waals surface area contributed by atoms with Crippen LogP contribution in [0, 0.1) is 6.92 Å². The summed E-state index contributed by atoms with van der Waals surface area (Å²) in [6.07, 6.45) is 0. The van der Waals surface area contributed by atoms with Crippen LogP contribution >= 0.6 is 11.3 Å². The summed E-state index contributed by atoms with van der Waals surface area (Å²) in [6, 6.07) is 4.77. The molecule has 20 heavy (non-hydrogen) atoms. The molecule has 0 bridgehead atoms. The number of sulfonamides is 1. The van der Waals surface area contributed by atoms with Crippen molar-refractivity contribution >= 4 is 26.5 Å². The van der Waals surface area contributed by atoms with Gasteiger partial charge in [0.2, 0.25) is 5.13 Å². The van der Waals surface area contributed by atoms with E-state index in [1.165, 1.54) is 13.2 Å². The van der Waals surface area contributed by atoms with E-state index in [4.69, 9.17) is 10.5 Å². The van der Waals surface area contributed by atoms with Crippen molar-refractivity contribution in [3.8, 4) is 5.75 Å². The second-order valence-corrected chi connectivity index (χ2v) is 6.75. The summed E-state index contributed by atoms with van der Waals surface area (Å²) in [5.41, 5.74) is 6.23. The molecule has 2 rings (SSSR count). The summed E-state index contributed by atoms with van der Waals surface area (Å²) in [7, 11) is -2.39. The summed E-state index contributed by atoms with van der Waals surface area (Å²) in [5.74, 6) is 0.246. The van der Waals surface area contributed by atoms with Crippen LogP contribution in [0.4, 0.5) is 5.13 Å². The maximum Gasteiger partial charge on any atom is 0.267 e. The molecule has 0 amide bonds. The summed E-state index contributed by atoms with van der Waals surface area (Å²) in [6.45, 7) is 1.98. The lowest BCUT2D eigenvalue weighted by atomic mass is 10.2. The van der Waals surface area contributed by atoms with Crippen molar-refractivity contribution in [1.29, 1.82) is 0 Å². The number of aromatic nitrogens is 2. The van der Waals surface area contributed by atoms with Crippen molar-refractivity contribution in [2.45, 2.75) is 18.4 Å². The van der Waals surface area contributed by atoms with Gasteiger partial charge in [-0.25, -0.2) is 8.42 Å². The Kier molecular flexibility index (Phi) is 4.21. The number of ether oxygens (including phenoxy) is 1. The second kappa shape index (κ2) is 5.73. The Morgan fingerprint density at radius 2 is 2.15 bits per heavy atom. The van der Waals surface area contributed by atoms with Crippen molar-refractivity contribution in [3.05, 3.63) is 28.8 Å². The normalized spacial score (nSPS) is 11.3. The molecule has 0 aliphatic carbocycles. The predicted octanol–water partition coefficient (Wildman–Crippen LogP) is 1.11. The van der Waals surface area contributed by atoms with Gasteiger partial charge in [-0.05, 0) is 24.6 Å². The molecule has 0 atom stereocenters.